The van der Waals surface area contributed by atoms with E-state index in [2.05, 4.69) is 9.83 Å². The van der Waals surface area contributed by atoms with Crippen LogP contribution in [-0.2, 0) is 6.42 Å². The number of hydrogen-bond donors (Lipinski definition) is 0. The lowest BCUT2D eigenvalue weighted by molar-refractivity contribution is -0.136. The van der Waals surface area contributed by atoms with Crippen molar-refractivity contribution >= 4 is 23.2 Å². The molecule has 0 aliphatic heterocycles. The maximum Gasteiger partial charge on any atom is 0.389 e. The van der Waals surface area contributed by atoms with E-state index < -0.39 is 24.6 Å². The van der Waals surface area contributed by atoms with Crippen molar-refractivity contribution in [1.82, 2.24) is 4.98 Å². The van der Waals surface area contributed by atoms with Crippen LogP contribution < -0.4 is 0 Å². The predicted octanol–water partition coefficient (Wildman–Crippen LogP) is 4.46. The Hall–Kier alpha value is -1.50. The highest BCUT2D eigenvalue weighted by Crippen LogP contribution is 2.31. The molecule has 1 unspecified atom stereocenters. The molecular weight excluding hydrogens is 314 g/mol. The van der Waals surface area contributed by atoms with Crippen molar-refractivity contribution in [3.63, 3.8) is 0 Å². The first kappa shape index (κ1) is 16.6. The molecule has 0 radical (unpaired) electrons. The number of nitrogens with zero attached hydrogens (tertiary/aromatic N) is 3. The number of alkyl halides is 3. The van der Waals surface area contributed by atoms with Gasteiger partial charge in [0, 0.05) is 12.6 Å². The van der Waals surface area contributed by atoms with E-state index in [1.807, 2.05) is 0 Å². The fraction of sp³-hybridized carbons (Fsp3) is 0.417. The van der Waals surface area contributed by atoms with E-state index in [1.165, 1.54) is 12.3 Å². The van der Waals surface area contributed by atoms with Gasteiger partial charge in [0.2, 0.25) is 0 Å². The van der Waals surface area contributed by atoms with Crippen molar-refractivity contribution in [3.05, 3.63) is 39.4 Å². The van der Waals surface area contributed by atoms with Gasteiger partial charge in [0.05, 0.1) is 17.9 Å². The Morgan fingerprint density at radius 3 is 2.45 bits per heavy atom. The third kappa shape index (κ3) is 4.56. The van der Waals surface area contributed by atoms with Gasteiger partial charge in [-0.3, -0.25) is 4.85 Å². The molecule has 3 nitrogen and oxygen atoms in total. The van der Waals surface area contributed by atoms with E-state index in [9.17, 15) is 13.2 Å². The molecule has 20 heavy (non-hydrogen) atoms. The van der Waals surface area contributed by atoms with Gasteiger partial charge < -0.3 is 0 Å². The molecule has 1 heterocycles. The molecule has 0 N–H and O–H groups in total. The molecule has 0 spiro atoms. The topological polar surface area (TPSA) is 41.0 Å². The molecule has 106 valence electrons. The second-order valence-electron chi connectivity index (χ2n) is 4.16. The summed E-state index contributed by atoms with van der Waals surface area (Å²) in [5, 5.41) is 9.22. The molecule has 8 heteroatoms. The average molecular weight is 322 g/mol. The Balaban J connectivity index is 2.95. The molecule has 1 aromatic heterocycles. The van der Waals surface area contributed by atoms with Gasteiger partial charge in [0.25, 0.3) is 0 Å². The molecule has 1 atom stereocenters. The SMILES string of the molecule is [C-]#[N+]C(C#N)(CCC(F)(F)F)Cc1cnc(Cl)c(Cl)c1. The van der Waals surface area contributed by atoms with Crippen LogP contribution in [0, 0.1) is 17.9 Å². The summed E-state index contributed by atoms with van der Waals surface area (Å²) >= 11 is 11.4. The second-order valence-corrected chi connectivity index (χ2v) is 4.93. The Bertz CT molecular complexity index is 559. The largest absolute Gasteiger partial charge is 0.389 e. The Labute approximate surface area is 123 Å². The van der Waals surface area contributed by atoms with Gasteiger partial charge in [0.1, 0.15) is 5.15 Å². The zero-order chi connectivity index (χ0) is 15.4. The van der Waals surface area contributed by atoms with Crippen molar-refractivity contribution in [2.24, 2.45) is 0 Å². The Morgan fingerprint density at radius 1 is 1.35 bits per heavy atom. The molecular formula is C12H8Cl2F3N3. The van der Waals surface area contributed by atoms with Gasteiger partial charge >= 0.3 is 11.7 Å². The van der Waals surface area contributed by atoms with Crippen LogP contribution in [0.1, 0.15) is 18.4 Å². The first-order valence-corrected chi connectivity index (χ1v) is 6.13. The lowest BCUT2D eigenvalue weighted by Gasteiger charge is -2.15. The molecule has 0 aliphatic rings. The summed E-state index contributed by atoms with van der Waals surface area (Å²) in [6.07, 6.45) is -5.11. The third-order valence-corrected chi connectivity index (χ3v) is 3.28. The van der Waals surface area contributed by atoms with Crippen LogP contribution in [0.3, 0.4) is 0 Å². The first-order chi connectivity index (χ1) is 9.21. The van der Waals surface area contributed by atoms with E-state index in [0.717, 1.165) is 0 Å². The molecule has 0 aliphatic carbocycles. The highest BCUT2D eigenvalue weighted by Gasteiger charge is 2.41. The quantitative estimate of drug-likeness (QED) is 0.607. The number of halogens is 5. The standard InChI is InChI=1S/C12H8Cl2F3N3/c1-19-11(7-18,2-3-12(15,16)17)5-8-4-9(13)10(14)20-6-8/h4,6H,2-3,5H2. The monoisotopic (exact) mass is 321 g/mol. The van der Waals surface area contributed by atoms with E-state index >= 15 is 0 Å². The molecule has 1 aromatic rings. The molecule has 1 rings (SSSR count). The van der Waals surface area contributed by atoms with Crippen LogP contribution in [0.25, 0.3) is 4.85 Å². The second kappa shape index (κ2) is 6.30. The van der Waals surface area contributed by atoms with Crippen LogP contribution >= 0.6 is 23.2 Å². The maximum absolute atomic E-state index is 12.3. The zero-order valence-electron chi connectivity index (χ0n) is 10.0. The fourth-order valence-corrected chi connectivity index (χ4v) is 1.84. The molecule has 0 bridgehead atoms. The van der Waals surface area contributed by atoms with Crippen molar-refractivity contribution in [2.45, 2.75) is 31.0 Å². The smallest absolute Gasteiger partial charge is 0.294 e. The van der Waals surface area contributed by atoms with Crippen LogP contribution in [0.15, 0.2) is 12.3 Å². The maximum atomic E-state index is 12.3. The molecule has 0 saturated carbocycles. The first-order valence-electron chi connectivity index (χ1n) is 5.38. The summed E-state index contributed by atoms with van der Waals surface area (Å²) in [5.41, 5.74) is -1.40. The normalized spacial score (nSPS) is 14.2. The minimum absolute atomic E-state index is 0.0519. The number of pyridine rings is 1. The van der Waals surface area contributed by atoms with E-state index in [0.29, 0.717) is 5.56 Å². The van der Waals surface area contributed by atoms with Gasteiger partial charge in [-0.1, -0.05) is 23.2 Å². The minimum atomic E-state index is -4.41. The number of nitriles is 1. The number of hydrogen-bond acceptors (Lipinski definition) is 2. The third-order valence-electron chi connectivity index (χ3n) is 2.59. The highest BCUT2D eigenvalue weighted by molar-refractivity contribution is 6.41. The molecule has 0 saturated heterocycles. The summed E-state index contributed by atoms with van der Waals surface area (Å²) in [6.45, 7) is 7.02. The molecule has 0 fully saturated rings. The lowest BCUT2D eigenvalue weighted by Crippen LogP contribution is -2.28. The number of rotatable bonds is 4. The van der Waals surface area contributed by atoms with E-state index in [4.69, 9.17) is 35.0 Å². The predicted molar refractivity (Wildman–Crippen MR) is 68.2 cm³/mol. The van der Waals surface area contributed by atoms with E-state index in [-0.39, 0.29) is 16.6 Å². The average Bonchev–Trinajstić information content (AvgIpc) is 2.38. The van der Waals surface area contributed by atoms with Gasteiger partial charge in [-0.2, -0.15) is 18.4 Å². The van der Waals surface area contributed by atoms with Crippen molar-refractivity contribution in [1.29, 1.82) is 5.26 Å². The van der Waals surface area contributed by atoms with Crippen LogP contribution in [-0.4, -0.2) is 16.7 Å². The van der Waals surface area contributed by atoms with Gasteiger partial charge in [-0.05, 0) is 11.6 Å². The minimum Gasteiger partial charge on any atom is -0.294 e. The van der Waals surface area contributed by atoms with Gasteiger partial charge in [0.15, 0.2) is 6.07 Å². The van der Waals surface area contributed by atoms with Crippen molar-refractivity contribution < 1.29 is 13.2 Å². The molecule has 0 amide bonds. The van der Waals surface area contributed by atoms with Gasteiger partial charge in [-0.15, -0.1) is 0 Å². The summed E-state index contributed by atoms with van der Waals surface area (Å²) < 4.78 is 36.8. The fourth-order valence-electron chi connectivity index (χ4n) is 1.55. The van der Waals surface area contributed by atoms with Crippen LogP contribution in [0.4, 0.5) is 13.2 Å². The molecule has 0 aromatic carbocycles. The zero-order valence-corrected chi connectivity index (χ0v) is 11.5. The van der Waals surface area contributed by atoms with Crippen LogP contribution in [0.5, 0.6) is 0 Å². The summed E-state index contributed by atoms with van der Waals surface area (Å²) in [5.74, 6) is 0. The van der Waals surface area contributed by atoms with Gasteiger partial charge in [-0.25, -0.2) is 11.6 Å². The Morgan fingerprint density at radius 2 is 2.00 bits per heavy atom. The van der Waals surface area contributed by atoms with Crippen molar-refractivity contribution in [3.8, 4) is 6.07 Å². The highest BCUT2D eigenvalue weighted by atomic mass is 35.5. The summed E-state index contributed by atoms with van der Waals surface area (Å²) in [4.78, 5) is 6.81. The van der Waals surface area contributed by atoms with Crippen LogP contribution in [0.2, 0.25) is 10.2 Å². The lowest BCUT2D eigenvalue weighted by atomic mass is 9.89. The Kier molecular flexibility index (Phi) is 5.21. The number of aromatic nitrogens is 1. The van der Waals surface area contributed by atoms with E-state index in [1.54, 1.807) is 6.07 Å². The summed E-state index contributed by atoms with van der Waals surface area (Å²) in [7, 11) is 0. The van der Waals surface area contributed by atoms with Crippen molar-refractivity contribution in [2.75, 3.05) is 0 Å². The summed E-state index contributed by atoms with van der Waals surface area (Å²) in [6, 6.07) is 3.05.